The highest BCUT2D eigenvalue weighted by Crippen LogP contribution is 2.75. The number of fused-ring (bicyclic) bond motifs is 1. The zero-order valence-corrected chi connectivity index (χ0v) is 11.6. The average molecular weight is 320 g/mol. The highest BCUT2D eigenvalue weighted by atomic mass is 35.5. The van der Waals surface area contributed by atoms with Gasteiger partial charge < -0.3 is 10.4 Å². The molecule has 0 aliphatic heterocycles. The lowest BCUT2D eigenvalue weighted by molar-refractivity contribution is -0.139. The first-order chi connectivity index (χ1) is 9.78. The van der Waals surface area contributed by atoms with Gasteiger partial charge in [-0.25, -0.2) is 0 Å². The van der Waals surface area contributed by atoms with Gasteiger partial charge in [-0.15, -0.1) is 0 Å². The van der Waals surface area contributed by atoms with E-state index in [1.807, 2.05) is 0 Å². The molecule has 0 saturated heterocycles. The molecule has 3 nitrogen and oxygen atoms in total. The minimum Gasteiger partial charge on any atom is -0.394 e. The Bertz CT molecular complexity index is 596. The van der Waals surface area contributed by atoms with E-state index in [1.165, 1.54) is 12.1 Å². The van der Waals surface area contributed by atoms with Gasteiger partial charge in [0.15, 0.2) is 0 Å². The minimum absolute atomic E-state index is 0.0443. The Morgan fingerprint density at radius 2 is 2.10 bits per heavy atom. The van der Waals surface area contributed by atoms with Gasteiger partial charge in [0.2, 0.25) is 5.91 Å². The number of amides is 1. The van der Waals surface area contributed by atoms with Gasteiger partial charge in [0, 0.05) is 5.02 Å². The van der Waals surface area contributed by atoms with Crippen LogP contribution in [0.4, 0.5) is 13.2 Å². The van der Waals surface area contributed by atoms with E-state index in [0.29, 0.717) is 5.92 Å². The van der Waals surface area contributed by atoms with Crippen LogP contribution in [-0.4, -0.2) is 17.6 Å². The molecule has 2 aliphatic carbocycles. The molecule has 0 bridgehead atoms. The zero-order chi connectivity index (χ0) is 15.4. The predicted octanol–water partition coefficient (Wildman–Crippen LogP) is 2.92. The SMILES string of the molecule is O=C(NC(CO)c1ccc(Cl)cc1C(F)(F)F)C12CC1C2. The van der Waals surface area contributed by atoms with Crippen molar-refractivity contribution >= 4 is 17.5 Å². The third-order valence-electron chi connectivity index (χ3n) is 4.32. The molecule has 2 N–H and O–H groups in total. The maximum absolute atomic E-state index is 13.1. The standard InChI is InChI=1S/C14H13ClF3NO2/c15-8-1-2-9(10(3-8)14(16,17)18)11(6-20)19-12(21)13-4-7(13)5-13/h1-3,7,11,20H,4-6H2,(H,19,21). The molecule has 0 spiro atoms. The Balaban J connectivity index is 1.87. The number of halogens is 4. The van der Waals surface area contributed by atoms with E-state index in [-0.39, 0.29) is 21.9 Å². The van der Waals surface area contributed by atoms with Crippen molar-refractivity contribution in [1.82, 2.24) is 5.32 Å². The molecule has 2 saturated carbocycles. The number of alkyl halides is 3. The number of hydrogen-bond donors (Lipinski definition) is 2. The van der Waals surface area contributed by atoms with Gasteiger partial charge in [-0.05, 0) is 36.5 Å². The number of rotatable bonds is 4. The molecule has 1 unspecified atom stereocenters. The summed E-state index contributed by atoms with van der Waals surface area (Å²) < 4.78 is 39.2. The van der Waals surface area contributed by atoms with Crippen molar-refractivity contribution in [2.75, 3.05) is 6.61 Å². The van der Waals surface area contributed by atoms with Crippen LogP contribution in [0.25, 0.3) is 0 Å². The molecule has 2 aliphatic rings. The minimum atomic E-state index is -4.60. The normalized spacial score (nSPS) is 27.8. The van der Waals surface area contributed by atoms with Gasteiger partial charge in [-0.1, -0.05) is 17.7 Å². The highest BCUT2D eigenvalue weighted by molar-refractivity contribution is 6.30. The highest BCUT2D eigenvalue weighted by Gasteiger charge is 2.74. The fourth-order valence-corrected chi connectivity index (χ4v) is 2.85. The summed E-state index contributed by atoms with van der Waals surface area (Å²) in [4.78, 5) is 12.0. The van der Waals surface area contributed by atoms with Crippen LogP contribution in [0.15, 0.2) is 18.2 Å². The molecular weight excluding hydrogens is 307 g/mol. The van der Waals surface area contributed by atoms with Gasteiger partial charge in [0.1, 0.15) is 0 Å². The maximum atomic E-state index is 13.1. The number of aliphatic hydroxyl groups excluding tert-OH is 1. The molecule has 0 heterocycles. The number of hydrogen-bond acceptors (Lipinski definition) is 2. The summed E-state index contributed by atoms with van der Waals surface area (Å²) in [6.45, 7) is -0.600. The summed E-state index contributed by atoms with van der Waals surface area (Å²) in [5.41, 5.74) is -1.47. The molecule has 1 atom stereocenters. The second kappa shape index (κ2) is 4.61. The summed E-state index contributed by atoms with van der Waals surface area (Å²) in [5.74, 6) is 0.110. The van der Waals surface area contributed by atoms with Crippen molar-refractivity contribution < 1.29 is 23.1 Å². The van der Waals surface area contributed by atoms with Crippen LogP contribution in [0.3, 0.4) is 0 Å². The van der Waals surface area contributed by atoms with E-state index in [4.69, 9.17) is 11.6 Å². The fourth-order valence-electron chi connectivity index (χ4n) is 2.67. The molecule has 0 aromatic heterocycles. The molecule has 2 fully saturated rings. The fraction of sp³-hybridized carbons (Fsp3) is 0.500. The number of carbonyl (C=O) groups is 1. The summed E-state index contributed by atoms with van der Waals surface area (Å²) in [6, 6.07) is 2.24. The van der Waals surface area contributed by atoms with Crippen LogP contribution >= 0.6 is 11.6 Å². The molecule has 1 aromatic rings. The van der Waals surface area contributed by atoms with Crippen molar-refractivity contribution in [2.45, 2.75) is 25.1 Å². The Morgan fingerprint density at radius 1 is 1.48 bits per heavy atom. The second-order valence-electron chi connectivity index (χ2n) is 5.70. The first kappa shape index (κ1) is 14.7. The predicted molar refractivity (Wildman–Crippen MR) is 69.6 cm³/mol. The van der Waals surface area contributed by atoms with Crippen molar-refractivity contribution in [3.63, 3.8) is 0 Å². The van der Waals surface area contributed by atoms with E-state index < -0.39 is 24.4 Å². The third-order valence-corrected chi connectivity index (χ3v) is 4.55. The van der Waals surface area contributed by atoms with E-state index in [2.05, 4.69) is 5.32 Å². The molecular formula is C14H13ClF3NO2. The topological polar surface area (TPSA) is 49.3 Å². The Labute approximate surface area is 124 Å². The molecule has 7 heteroatoms. The molecule has 0 radical (unpaired) electrons. The van der Waals surface area contributed by atoms with Crippen LogP contribution < -0.4 is 5.32 Å². The number of benzene rings is 1. The van der Waals surface area contributed by atoms with Crippen molar-refractivity contribution in [1.29, 1.82) is 0 Å². The summed E-state index contributed by atoms with van der Waals surface area (Å²) in [6.07, 6.45) is -3.01. The number of carbonyl (C=O) groups excluding carboxylic acids is 1. The Hall–Kier alpha value is -1.27. The molecule has 1 aromatic carbocycles. The first-order valence-electron chi connectivity index (χ1n) is 6.56. The maximum Gasteiger partial charge on any atom is 0.416 e. The molecule has 21 heavy (non-hydrogen) atoms. The van der Waals surface area contributed by atoms with Crippen LogP contribution in [0.2, 0.25) is 5.02 Å². The quantitative estimate of drug-likeness (QED) is 0.896. The Morgan fingerprint density at radius 3 is 2.57 bits per heavy atom. The lowest BCUT2D eigenvalue weighted by Crippen LogP contribution is -2.35. The monoisotopic (exact) mass is 319 g/mol. The molecule has 114 valence electrons. The van der Waals surface area contributed by atoms with Crippen LogP contribution in [0, 0.1) is 11.3 Å². The summed E-state index contributed by atoms with van der Waals surface area (Å²) in [5, 5.41) is 11.9. The number of nitrogens with one attached hydrogen (secondary N) is 1. The van der Waals surface area contributed by atoms with Gasteiger partial charge in [-0.2, -0.15) is 13.2 Å². The smallest absolute Gasteiger partial charge is 0.394 e. The van der Waals surface area contributed by atoms with Gasteiger partial charge >= 0.3 is 6.18 Å². The van der Waals surface area contributed by atoms with Crippen molar-refractivity contribution in [3.8, 4) is 0 Å². The number of aliphatic hydroxyl groups is 1. The van der Waals surface area contributed by atoms with Gasteiger partial charge in [-0.3, -0.25) is 4.79 Å². The van der Waals surface area contributed by atoms with Crippen LogP contribution in [0.1, 0.15) is 30.0 Å². The van der Waals surface area contributed by atoms with Crippen LogP contribution in [-0.2, 0) is 11.0 Å². The van der Waals surface area contributed by atoms with E-state index in [1.54, 1.807) is 0 Å². The molecule has 1 amide bonds. The van der Waals surface area contributed by atoms with E-state index >= 15 is 0 Å². The summed E-state index contributed by atoms with van der Waals surface area (Å²) >= 11 is 5.62. The van der Waals surface area contributed by atoms with E-state index in [0.717, 1.165) is 18.9 Å². The van der Waals surface area contributed by atoms with Crippen molar-refractivity contribution in [3.05, 3.63) is 34.3 Å². The zero-order valence-electron chi connectivity index (χ0n) is 10.9. The lowest BCUT2D eigenvalue weighted by atomic mass is 9.99. The van der Waals surface area contributed by atoms with Crippen LogP contribution in [0.5, 0.6) is 0 Å². The van der Waals surface area contributed by atoms with E-state index in [9.17, 15) is 23.1 Å². The first-order valence-corrected chi connectivity index (χ1v) is 6.94. The lowest BCUT2D eigenvalue weighted by Gasteiger charge is -2.22. The van der Waals surface area contributed by atoms with Gasteiger partial charge in [0.25, 0.3) is 0 Å². The second-order valence-corrected chi connectivity index (χ2v) is 6.14. The largest absolute Gasteiger partial charge is 0.416 e. The average Bonchev–Trinajstić information content (AvgIpc) is 3.23. The molecule has 3 rings (SSSR count). The van der Waals surface area contributed by atoms with Crippen molar-refractivity contribution in [2.24, 2.45) is 11.3 Å². The summed E-state index contributed by atoms with van der Waals surface area (Å²) in [7, 11) is 0. The third kappa shape index (κ3) is 2.51. The van der Waals surface area contributed by atoms with Gasteiger partial charge in [0.05, 0.1) is 23.6 Å². The Kier molecular flexibility index (Phi) is 3.22.